The van der Waals surface area contributed by atoms with E-state index >= 15 is 0 Å². The maximum atomic E-state index is 12.0. The van der Waals surface area contributed by atoms with E-state index in [-0.39, 0.29) is 22.8 Å². The SMILES string of the molecule is CCCCC(=O)NC(=S)NNC(=O)c1ccc(NC(=O)C2CC2)cc1. The van der Waals surface area contributed by atoms with Gasteiger partial charge < -0.3 is 10.6 Å². The largest absolute Gasteiger partial charge is 0.326 e. The first kappa shape index (κ1) is 18.9. The fourth-order valence-corrected chi connectivity index (χ4v) is 2.20. The molecule has 134 valence electrons. The van der Waals surface area contributed by atoms with Crippen molar-refractivity contribution in [2.45, 2.75) is 39.0 Å². The third-order valence-electron chi connectivity index (χ3n) is 3.66. The lowest BCUT2D eigenvalue weighted by atomic mass is 10.2. The summed E-state index contributed by atoms with van der Waals surface area (Å²) in [6, 6.07) is 6.53. The van der Waals surface area contributed by atoms with Crippen molar-refractivity contribution in [3.05, 3.63) is 29.8 Å². The minimum Gasteiger partial charge on any atom is -0.326 e. The molecule has 1 fully saturated rings. The fraction of sp³-hybridized carbons (Fsp3) is 0.412. The van der Waals surface area contributed by atoms with Gasteiger partial charge in [0.2, 0.25) is 11.8 Å². The van der Waals surface area contributed by atoms with E-state index in [0.717, 1.165) is 25.7 Å². The number of amides is 3. The van der Waals surface area contributed by atoms with Gasteiger partial charge in [-0.05, 0) is 55.7 Å². The monoisotopic (exact) mass is 362 g/mol. The van der Waals surface area contributed by atoms with Crippen LogP contribution in [-0.2, 0) is 9.59 Å². The summed E-state index contributed by atoms with van der Waals surface area (Å²) in [6.45, 7) is 1.99. The van der Waals surface area contributed by atoms with Gasteiger partial charge in [-0.15, -0.1) is 0 Å². The zero-order valence-electron chi connectivity index (χ0n) is 14.1. The molecule has 0 atom stereocenters. The van der Waals surface area contributed by atoms with Crippen molar-refractivity contribution in [2.24, 2.45) is 5.92 Å². The Kier molecular flexibility index (Phi) is 6.88. The van der Waals surface area contributed by atoms with Gasteiger partial charge in [0.1, 0.15) is 0 Å². The minimum absolute atomic E-state index is 0.0167. The maximum Gasteiger partial charge on any atom is 0.269 e. The average molecular weight is 362 g/mol. The van der Waals surface area contributed by atoms with Gasteiger partial charge in [-0.25, -0.2) is 0 Å². The van der Waals surface area contributed by atoms with Crippen LogP contribution in [0.5, 0.6) is 0 Å². The molecule has 1 aromatic rings. The molecule has 3 amide bonds. The number of hydrazine groups is 1. The highest BCUT2D eigenvalue weighted by Crippen LogP contribution is 2.30. The normalized spacial score (nSPS) is 12.8. The molecule has 1 aliphatic rings. The third kappa shape index (κ3) is 6.50. The number of hydrogen-bond donors (Lipinski definition) is 4. The molecule has 0 radical (unpaired) electrons. The molecule has 8 heteroatoms. The van der Waals surface area contributed by atoms with Gasteiger partial charge in [0, 0.05) is 23.6 Å². The van der Waals surface area contributed by atoms with E-state index < -0.39 is 5.91 Å². The molecule has 25 heavy (non-hydrogen) atoms. The van der Waals surface area contributed by atoms with Crippen molar-refractivity contribution in [2.75, 3.05) is 5.32 Å². The number of hydrogen-bond acceptors (Lipinski definition) is 4. The molecule has 0 heterocycles. The van der Waals surface area contributed by atoms with Crippen LogP contribution < -0.4 is 21.5 Å². The number of thiocarbonyl (C=S) groups is 1. The molecule has 0 unspecified atom stereocenters. The summed E-state index contributed by atoms with van der Waals surface area (Å²) in [5.74, 6) is -0.446. The van der Waals surface area contributed by atoms with Gasteiger partial charge >= 0.3 is 0 Å². The molecule has 0 aromatic heterocycles. The average Bonchev–Trinajstić information content (AvgIpc) is 3.43. The molecule has 0 bridgehead atoms. The highest BCUT2D eigenvalue weighted by Gasteiger charge is 2.29. The van der Waals surface area contributed by atoms with Crippen LogP contribution in [0.4, 0.5) is 5.69 Å². The predicted molar refractivity (Wildman–Crippen MR) is 98.7 cm³/mol. The number of rotatable bonds is 6. The van der Waals surface area contributed by atoms with Crippen LogP contribution in [0.2, 0.25) is 0 Å². The highest BCUT2D eigenvalue weighted by atomic mass is 32.1. The van der Waals surface area contributed by atoms with Gasteiger partial charge in [-0.1, -0.05) is 13.3 Å². The van der Waals surface area contributed by atoms with E-state index in [1.807, 2.05) is 6.92 Å². The second kappa shape index (κ2) is 9.12. The second-order valence-electron chi connectivity index (χ2n) is 5.90. The molecule has 2 rings (SSSR count). The zero-order valence-corrected chi connectivity index (χ0v) is 14.9. The summed E-state index contributed by atoms with van der Waals surface area (Å²) in [5.41, 5.74) is 5.96. The van der Waals surface area contributed by atoms with Crippen LogP contribution in [0, 0.1) is 5.92 Å². The first-order valence-corrected chi connectivity index (χ1v) is 8.71. The number of unbranched alkanes of at least 4 members (excludes halogenated alkanes) is 1. The summed E-state index contributed by atoms with van der Waals surface area (Å²) in [7, 11) is 0. The molecule has 0 aliphatic heterocycles. The van der Waals surface area contributed by atoms with Gasteiger partial charge in [-0.2, -0.15) is 0 Å². The van der Waals surface area contributed by atoms with E-state index in [4.69, 9.17) is 12.2 Å². The molecule has 0 spiro atoms. The minimum atomic E-state index is -0.398. The van der Waals surface area contributed by atoms with Crippen LogP contribution in [0.15, 0.2) is 24.3 Å². The van der Waals surface area contributed by atoms with Crippen LogP contribution in [0.1, 0.15) is 49.4 Å². The lowest BCUT2D eigenvalue weighted by Crippen LogP contribution is -2.48. The maximum absolute atomic E-state index is 12.0. The number of carbonyl (C=O) groups is 3. The summed E-state index contributed by atoms with van der Waals surface area (Å²) in [5, 5.41) is 5.34. The fourth-order valence-electron chi connectivity index (χ4n) is 2.04. The number of carbonyl (C=O) groups excluding carboxylic acids is 3. The lowest BCUT2D eigenvalue weighted by molar-refractivity contribution is -0.120. The Morgan fingerprint density at radius 3 is 2.40 bits per heavy atom. The van der Waals surface area contributed by atoms with Crippen molar-refractivity contribution in [1.29, 1.82) is 0 Å². The van der Waals surface area contributed by atoms with E-state index in [1.165, 1.54) is 0 Å². The Bertz CT molecular complexity index is 656. The molecule has 1 saturated carbocycles. The Labute approximate surface area is 151 Å². The Hall–Kier alpha value is -2.48. The standard InChI is InChI=1S/C17H22N4O3S/c1-2-3-4-14(22)19-17(25)21-20-16(24)12-7-9-13(10-8-12)18-15(23)11-5-6-11/h7-11H,2-6H2,1H3,(H,18,23)(H,20,24)(H2,19,21,22,25). The summed E-state index contributed by atoms with van der Waals surface area (Å²) in [6.07, 6.45) is 3.96. The van der Waals surface area contributed by atoms with Gasteiger partial charge in [0.15, 0.2) is 5.11 Å². The number of benzene rings is 1. The topological polar surface area (TPSA) is 99.3 Å². The van der Waals surface area contributed by atoms with Crippen molar-refractivity contribution in [3.63, 3.8) is 0 Å². The summed E-state index contributed by atoms with van der Waals surface area (Å²) >= 11 is 4.94. The predicted octanol–water partition coefficient (Wildman–Crippen LogP) is 1.86. The van der Waals surface area contributed by atoms with Gasteiger partial charge in [-0.3, -0.25) is 25.2 Å². The number of anilines is 1. The van der Waals surface area contributed by atoms with Crippen LogP contribution in [-0.4, -0.2) is 22.8 Å². The summed E-state index contributed by atoms with van der Waals surface area (Å²) < 4.78 is 0. The first-order valence-electron chi connectivity index (χ1n) is 8.30. The zero-order chi connectivity index (χ0) is 18.2. The molecule has 7 nitrogen and oxygen atoms in total. The highest BCUT2D eigenvalue weighted by molar-refractivity contribution is 7.80. The molecule has 1 aromatic carbocycles. The first-order chi connectivity index (χ1) is 12.0. The number of nitrogens with one attached hydrogen (secondary N) is 4. The van der Waals surface area contributed by atoms with Crippen molar-refractivity contribution >= 4 is 40.7 Å². The van der Waals surface area contributed by atoms with E-state index in [9.17, 15) is 14.4 Å². The molecular formula is C17H22N4O3S. The molecule has 0 saturated heterocycles. The van der Waals surface area contributed by atoms with Crippen LogP contribution >= 0.6 is 12.2 Å². The molecular weight excluding hydrogens is 340 g/mol. The van der Waals surface area contributed by atoms with Gasteiger partial charge in [0.25, 0.3) is 5.91 Å². The van der Waals surface area contributed by atoms with Crippen LogP contribution in [0.3, 0.4) is 0 Å². The molecule has 1 aliphatic carbocycles. The Balaban J connectivity index is 1.75. The Morgan fingerprint density at radius 1 is 1.12 bits per heavy atom. The van der Waals surface area contributed by atoms with E-state index in [0.29, 0.717) is 17.7 Å². The second-order valence-corrected chi connectivity index (χ2v) is 6.31. The van der Waals surface area contributed by atoms with Crippen molar-refractivity contribution in [1.82, 2.24) is 16.2 Å². The Morgan fingerprint density at radius 2 is 1.80 bits per heavy atom. The van der Waals surface area contributed by atoms with E-state index in [2.05, 4.69) is 21.5 Å². The van der Waals surface area contributed by atoms with E-state index in [1.54, 1.807) is 24.3 Å². The molecule has 4 N–H and O–H groups in total. The van der Waals surface area contributed by atoms with Crippen molar-refractivity contribution in [3.8, 4) is 0 Å². The lowest BCUT2D eigenvalue weighted by Gasteiger charge is -2.11. The third-order valence-corrected chi connectivity index (χ3v) is 3.87. The smallest absolute Gasteiger partial charge is 0.269 e. The quantitative estimate of drug-likeness (QED) is 0.457. The van der Waals surface area contributed by atoms with Gasteiger partial charge in [0.05, 0.1) is 0 Å². The van der Waals surface area contributed by atoms with Crippen molar-refractivity contribution < 1.29 is 14.4 Å². The summed E-state index contributed by atoms with van der Waals surface area (Å²) in [4.78, 5) is 35.2. The van der Waals surface area contributed by atoms with Crippen LogP contribution in [0.25, 0.3) is 0 Å².